The number of rotatable bonds is 8. The summed E-state index contributed by atoms with van der Waals surface area (Å²) in [4.78, 5) is 27.4. The fraction of sp³-hybridized carbons (Fsp3) is 0.381. The molecule has 1 heterocycles. The fourth-order valence-corrected chi connectivity index (χ4v) is 3.51. The lowest BCUT2D eigenvalue weighted by atomic mass is 9.80. The topological polar surface area (TPSA) is 80.3 Å². The van der Waals surface area contributed by atoms with Gasteiger partial charge in [0.15, 0.2) is 0 Å². The third-order valence-corrected chi connectivity index (χ3v) is 5.02. The van der Waals surface area contributed by atoms with Crippen LogP contribution in [0.3, 0.4) is 0 Å². The highest BCUT2D eigenvalue weighted by atomic mass is 16.5. The predicted octanol–water partition coefficient (Wildman–Crippen LogP) is 3.12. The van der Waals surface area contributed by atoms with Crippen molar-refractivity contribution in [3.8, 4) is 0 Å². The van der Waals surface area contributed by atoms with E-state index in [0.29, 0.717) is 13.0 Å². The Kier molecular flexibility index (Phi) is 6.93. The van der Waals surface area contributed by atoms with Gasteiger partial charge in [0.1, 0.15) is 6.23 Å². The van der Waals surface area contributed by atoms with Gasteiger partial charge in [0.05, 0.1) is 6.61 Å². The Morgan fingerprint density at radius 1 is 1.11 bits per heavy atom. The van der Waals surface area contributed by atoms with Crippen LogP contribution in [0.25, 0.3) is 0 Å². The normalized spacial score (nSPS) is 20.4. The molecule has 142 valence electrons. The molecule has 1 aliphatic carbocycles. The highest BCUT2D eigenvalue weighted by Crippen LogP contribution is 2.32. The summed E-state index contributed by atoms with van der Waals surface area (Å²) in [6.45, 7) is 0.453. The minimum atomic E-state index is -0.327. The van der Waals surface area contributed by atoms with Crippen LogP contribution >= 0.6 is 0 Å². The second-order valence-corrected chi connectivity index (χ2v) is 6.84. The lowest BCUT2D eigenvalue weighted by Gasteiger charge is -2.33. The number of aromatic nitrogens is 1. The van der Waals surface area contributed by atoms with Crippen LogP contribution in [0.5, 0.6) is 0 Å². The van der Waals surface area contributed by atoms with Crippen LogP contribution in [-0.4, -0.2) is 23.5 Å². The highest BCUT2D eigenvalue weighted by molar-refractivity contribution is 5.92. The van der Waals surface area contributed by atoms with Gasteiger partial charge in [0.25, 0.3) is 0 Å². The second-order valence-electron chi connectivity index (χ2n) is 6.84. The average molecular weight is 367 g/mol. The van der Waals surface area contributed by atoms with E-state index >= 15 is 0 Å². The van der Waals surface area contributed by atoms with E-state index in [1.807, 2.05) is 30.3 Å². The SMILES string of the molecule is O=CNC(OCc1ccccc1)C1CCC(C(=O)Nc2ccncc2)CC1. The Bertz CT molecular complexity index is 716. The van der Waals surface area contributed by atoms with Gasteiger partial charge in [-0.15, -0.1) is 0 Å². The monoisotopic (exact) mass is 367 g/mol. The summed E-state index contributed by atoms with van der Waals surface area (Å²) >= 11 is 0. The van der Waals surface area contributed by atoms with Crippen LogP contribution in [0.15, 0.2) is 54.9 Å². The maximum absolute atomic E-state index is 12.4. The molecular weight excluding hydrogens is 342 g/mol. The van der Waals surface area contributed by atoms with Gasteiger partial charge in [-0.1, -0.05) is 30.3 Å². The van der Waals surface area contributed by atoms with Gasteiger partial charge < -0.3 is 15.4 Å². The van der Waals surface area contributed by atoms with Crippen molar-refractivity contribution in [2.24, 2.45) is 11.8 Å². The number of ether oxygens (including phenoxy) is 1. The molecule has 6 heteroatoms. The molecular formula is C21H25N3O3. The van der Waals surface area contributed by atoms with Gasteiger partial charge in [0.2, 0.25) is 12.3 Å². The van der Waals surface area contributed by atoms with Gasteiger partial charge in [-0.2, -0.15) is 0 Å². The molecule has 1 saturated carbocycles. The first-order chi connectivity index (χ1) is 13.3. The number of carbonyl (C=O) groups excluding carboxylic acids is 2. The molecule has 0 saturated heterocycles. The molecule has 0 bridgehead atoms. The molecule has 2 N–H and O–H groups in total. The van der Waals surface area contributed by atoms with E-state index in [1.54, 1.807) is 24.5 Å². The third-order valence-electron chi connectivity index (χ3n) is 5.02. The van der Waals surface area contributed by atoms with Crippen LogP contribution in [-0.2, 0) is 20.9 Å². The zero-order valence-corrected chi connectivity index (χ0v) is 15.2. The predicted molar refractivity (Wildman–Crippen MR) is 103 cm³/mol. The van der Waals surface area contributed by atoms with E-state index in [9.17, 15) is 9.59 Å². The van der Waals surface area contributed by atoms with Gasteiger partial charge in [0, 0.05) is 29.9 Å². The Morgan fingerprint density at radius 2 is 1.81 bits per heavy atom. The van der Waals surface area contributed by atoms with E-state index in [4.69, 9.17) is 4.74 Å². The molecule has 1 atom stereocenters. The van der Waals surface area contributed by atoms with Crippen LogP contribution in [0.1, 0.15) is 31.2 Å². The Hall–Kier alpha value is -2.73. The van der Waals surface area contributed by atoms with Gasteiger partial charge >= 0.3 is 0 Å². The number of nitrogens with zero attached hydrogens (tertiary/aromatic N) is 1. The number of nitrogens with one attached hydrogen (secondary N) is 2. The summed E-state index contributed by atoms with van der Waals surface area (Å²) in [6, 6.07) is 13.5. The van der Waals surface area contributed by atoms with Crippen molar-refractivity contribution in [1.29, 1.82) is 0 Å². The van der Waals surface area contributed by atoms with E-state index in [2.05, 4.69) is 15.6 Å². The number of hydrogen-bond donors (Lipinski definition) is 2. The maximum atomic E-state index is 12.4. The summed E-state index contributed by atoms with van der Waals surface area (Å²) in [6.07, 6.45) is 6.94. The minimum absolute atomic E-state index is 0.0135. The molecule has 1 aliphatic rings. The number of amides is 2. The van der Waals surface area contributed by atoms with E-state index in [-0.39, 0.29) is 24.0 Å². The number of carbonyl (C=O) groups is 2. The Balaban J connectivity index is 1.49. The molecule has 1 aromatic heterocycles. The van der Waals surface area contributed by atoms with Crippen LogP contribution < -0.4 is 10.6 Å². The molecule has 1 unspecified atom stereocenters. The van der Waals surface area contributed by atoms with Gasteiger partial charge in [-0.05, 0) is 43.4 Å². The highest BCUT2D eigenvalue weighted by Gasteiger charge is 2.31. The molecule has 2 amide bonds. The van der Waals surface area contributed by atoms with Crippen molar-refractivity contribution < 1.29 is 14.3 Å². The smallest absolute Gasteiger partial charge is 0.227 e. The molecule has 0 spiro atoms. The molecule has 3 rings (SSSR count). The van der Waals surface area contributed by atoms with Crippen molar-refractivity contribution in [1.82, 2.24) is 10.3 Å². The van der Waals surface area contributed by atoms with Crippen LogP contribution in [0.4, 0.5) is 5.69 Å². The summed E-state index contributed by atoms with van der Waals surface area (Å²) in [5, 5.41) is 5.74. The van der Waals surface area contributed by atoms with Gasteiger partial charge in [-0.3, -0.25) is 14.6 Å². The standard InChI is InChI=1S/C21H25N3O3/c25-15-23-21(27-14-16-4-2-1-3-5-16)18-8-6-17(7-9-18)20(26)24-19-10-12-22-13-11-19/h1-5,10-13,15,17-18,21H,6-9,14H2,(H,23,25)(H,22,24,26). The number of benzene rings is 1. The molecule has 6 nitrogen and oxygen atoms in total. The van der Waals surface area contributed by atoms with E-state index < -0.39 is 0 Å². The second kappa shape index (κ2) is 9.83. The van der Waals surface area contributed by atoms with E-state index in [0.717, 1.165) is 36.9 Å². The lowest BCUT2D eigenvalue weighted by molar-refractivity contribution is -0.123. The molecule has 1 fully saturated rings. The minimum Gasteiger partial charge on any atom is -0.354 e. The summed E-state index contributed by atoms with van der Waals surface area (Å²) in [5.74, 6) is 0.244. The average Bonchev–Trinajstić information content (AvgIpc) is 2.73. The van der Waals surface area contributed by atoms with Crippen molar-refractivity contribution in [3.63, 3.8) is 0 Å². The Labute approximate surface area is 159 Å². The number of hydrogen-bond acceptors (Lipinski definition) is 4. The third kappa shape index (κ3) is 5.62. The van der Waals surface area contributed by atoms with Crippen molar-refractivity contribution in [3.05, 3.63) is 60.4 Å². The van der Waals surface area contributed by atoms with Crippen LogP contribution in [0, 0.1) is 11.8 Å². The fourth-order valence-electron chi connectivity index (χ4n) is 3.51. The Morgan fingerprint density at radius 3 is 2.48 bits per heavy atom. The number of anilines is 1. The summed E-state index contributed by atoms with van der Waals surface area (Å²) in [7, 11) is 0. The van der Waals surface area contributed by atoms with Crippen molar-refractivity contribution >= 4 is 18.0 Å². The first-order valence-electron chi connectivity index (χ1n) is 9.32. The summed E-state index contributed by atoms with van der Waals surface area (Å²) in [5.41, 5.74) is 1.84. The molecule has 2 aromatic rings. The first-order valence-corrected chi connectivity index (χ1v) is 9.32. The van der Waals surface area contributed by atoms with Crippen molar-refractivity contribution in [2.75, 3.05) is 5.32 Å². The molecule has 27 heavy (non-hydrogen) atoms. The molecule has 0 radical (unpaired) electrons. The van der Waals surface area contributed by atoms with E-state index in [1.165, 1.54) is 0 Å². The molecule has 0 aliphatic heterocycles. The zero-order valence-electron chi connectivity index (χ0n) is 15.2. The van der Waals surface area contributed by atoms with Gasteiger partial charge in [-0.25, -0.2) is 0 Å². The lowest BCUT2D eigenvalue weighted by Crippen LogP contribution is -2.40. The maximum Gasteiger partial charge on any atom is 0.227 e. The quantitative estimate of drug-likeness (QED) is 0.555. The first kappa shape index (κ1) is 19.0. The summed E-state index contributed by atoms with van der Waals surface area (Å²) < 4.78 is 5.95. The number of pyridine rings is 1. The van der Waals surface area contributed by atoms with Crippen LogP contribution in [0.2, 0.25) is 0 Å². The zero-order chi connectivity index (χ0) is 18.9. The molecule has 1 aromatic carbocycles. The largest absolute Gasteiger partial charge is 0.354 e. The van der Waals surface area contributed by atoms with Crippen molar-refractivity contribution in [2.45, 2.75) is 38.5 Å².